The third kappa shape index (κ3) is 7.26. The first kappa shape index (κ1) is 23.0. The van der Waals surface area contributed by atoms with Crippen LogP contribution in [0.15, 0.2) is 22.6 Å². The van der Waals surface area contributed by atoms with Gasteiger partial charge in [0.2, 0.25) is 5.91 Å². The zero-order chi connectivity index (χ0) is 20.4. The van der Waals surface area contributed by atoms with Gasteiger partial charge in [0, 0.05) is 13.1 Å². The minimum atomic E-state index is -2.61. The Hall–Kier alpha value is -2.00. The number of nitrogens with zero attached hydrogens (tertiary/aromatic N) is 2. The summed E-state index contributed by atoms with van der Waals surface area (Å²) < 4.78 is 30.4. The largest absolute Gasteiger partial charge is 0.494 e. The number of thiocarbonyl (C=S) groups is 1. The molecule has 1 N–H and O–H groups in total. The van der Waals surface area contributed by atoms with E-state index in [1.165, 1.54) is 13.2 Å². The summed E-state index contributed by atoms with van der Waals surface area (Å²) in [6.45, 7) is 4.11. The van der Waals surface area contributed by atoms with Crippen LogP contribution < -0.4 is 10.1 Å². The SMILES string of the molecule is CCCCC[C@@H](C)N(C(=O)Cc1ccc(OC)c(N=S(=O)=O)c1)C(=S)NC. The van der Waals surface area contributed by atoms with Crippen LogP contribution in [-0.4, -0.2) is 44.5 Å². The molecular weight excluding hydrogens is 386 g/mol. The molecule has 0 aromatic heterocycles. The highest BCUT2D eigenvalue weighted by atomic mass is 32.2. The van der Waals surface area contributed by atoms with Gasteiger partial charge in [-0.3, -0.25) is 9.69 Å². The van der Waals surface area contributed by atoms with E-state index in [0.717, 1.165) is 25.7 Å². The Labute approximate surface area is 167 Å². The minimum absolute atomic E-state index is 0.0273. The highest BCUT2D eigenvalue weighted by molar-refractivity contribution is 7.80. The molecule has 0 fully saturated rings. The molecule has 27 heavy (non-hydrogen) atoms. The van der Waals surface area contributed by atoms with Crippen LogP contribution in [0.25, 0.3) is 0 Å². The van der Waals surface area contributed by atoms with E-state index in [1.54, 1.807) is 24.1 Å². The van der Waals surface area contributed by atoms with Gasteiger partial charge in [-0.25, -0.2) is 0 Å². The second-order valence-electron chi connectivity index (χ2n) is 6.16. The molecule has 0 unspecified atom stereocenters. The third-order valence-electron chi connectivity index (χ3n) is 4.14. The maximum absolute atomic E-state index is 12.9. The molecule has 9 heteroatoms. The average molecular weight is 414 g/mol. The third-order valence-corrected chi connectivity index (χ3v) is 4.89. The molecule has 1 rings (SSSR count). The molecule has 0 aliphatic rings. The van der Waals surface area contributed by atoms with E-state index in [1.807, 2.05) is 6.92 Å². The topological polar surface area (TPSA) is 88.1 Å². The van der Waals surface area contributed by atoms with E-state index in [0.29, 0.717) is 16.4 Å². The maximum Gasteiger partial charge on any atom is 0.316 e. The number of ether oxygens (including phenoxy) is 1. The predicted molar refractivity (Wildman–Crippen MR) is 110 cm³/mol. The first-order chi connectivity index (χ1) is 12.8. The summed E-state index contributed by atoms with van der Waals surface area (Å²) >= 11 is 5.32. The van der Waals surface area contributed by atoms with Crippen molar-refractivity contribution in [2.24, 2.45) is 4.36 Å². The Bertz CT molecular complexity index is 786. The Balaban J connectivity index is 3.04. The van der Waals surface area contributed by atoms with Crippen molar-refractivity contribution in [1.82, 2.24) is 10.2 Å². The van der Waals surface area contributed by atoms with Crippen molar-refractivity contribution in [3.63, 3.8) is 0 Å². The smallest absolute Gasteiger partial charge is 0.316 e. The van der Waals surface area contributed by atoms with Gasteiger partial charge in [0.05, 0.1) is 13.5 Å². The molecule has 0 heterocycles. The van der Waals surface area contributed by atoms with Crippen LogP contribution in [0.3, 0.4) is 0 Å². The van der Waals surface area contributed by atoms with Gasteiger partial charge in [0.15, 0.2) is 5.11 Å². The van der Waals surface area contributed by atoms with Crippen molar-refractivity contribution in [2.45, 2.75) is 52.0 Å². The lowest BCUT2D eigenvalue weighted by molar-refractivity contribution is -0.128. The fraction of sp³-hybridized carbons (Fsp3) is 0.556. The summed E-state index contributed by atoms with van der Waals surface area (Å²) in [5.41, 5.74) is 0.796. The Kier molecular flexibility index (Phi) is 9.95. The molecule has 1 atom stereocenters. The van der Waals surface area contributed by atoms with Gasteiger partial charge < -0.3 is 10.1 Å². The van der Waals surface area contributed by atoms with Crippen molar-refractivity contribution >= 4 is 39.4 Å². The Morgan fingerprint density at radius 2 is 2.07 bits per heavy atom. The number of benzene rings is 1. The fourth-order valence-electron chi connectivity index (χ4n) is 2.76. The maximum atomic E-state index is 12.9. The summed E-state index contributed by atoms with van der Waals surface area (Å²) in [5.74, 6) is 0.170. The van der Waals surface area contributed by atoms with E-state index in [-0.39, 0.29) is 24.1 Å². The van der Waals surface area contributed by atoms with Crippen LogP contribution >= 0.6 is 12.2 Å². The summed E-state index contributed by atoms with van der Waals surface area (Å²) in [6, 6.07) is 4.82. The van der Waals surface area contributed by atoms with Gasteiger partial charge in [0.1, 0.15) is 11.4 Å². The van der Waals surface area contributed by atoms with Crippen LogP contribution in [0.2, 0.25) is 0 Å². The highest BCUT2D eigenvalue weighted by Crippen LogP contribution is 2.28. The fourth-order valence-corrected chi connectivity index (χ4v) is 3.34. The Morgan fingerprint density at radius 3 is 2.63 bits per heavy atom. The molecule has 7 nitrogen and oxygen atoms in total. The lowest BCUT2D eigenvalue weighted by Crippen LogP contribution is -2.48. The number of carbonyl (C=O) groups is 1. The number of rotatable bonds is 9. The number of carbonyl (C=O) groups excluding carboxylic acids is 1. The lowest BCUT2D eigenvalue weighted by atomic mass is 10.1. The highest BCUT2D eigenvalue weighted by Gasteiger charge is 2.23. The molecule has 0 radical (unpaired) electrons. The average Bonchev–Trinajstić information content (AvgIpc) is 2.61. The van der Waals surface area contributed by atoms with Gasteiger partial charge in [-0.05, 0) is 43.3 Å². The van der Waals surface area contributed by atoms with E-state index >= 15 is 0 Å². The van der Waals surface area contributed by atoms with E-state index in [2.05, 4.69) is 16.6 Å². The van der Waals surface area contributed by atoms with Gasteiger partial charge in [-0.15, -0.1) is 4.36 Å². The minimum Gasteiger partial charge on any atom is -0.494 e. The number of methoxy groups -OCH3 is 1. The van der Waals surface area contributed by atoms with Crippen LogP contribution in [0.1, 0.15) is 45.1 Å². The molecule has 1 aromatic rings. The van der Waals surface area contributed by atoms with Crippen LogP contribution in [0.5, 0.6) is 5.75 Å². The molecule has 0 bridgehead atoms. The zero-order valence-corrected chi connectivity index (χ0v) is 17.8. The van der Waals surface area contributed by atoms with E-state index < -0.39 is 10.5 Å². The van der Waals surface area contributed by atoms with Gasteiger partial charge in [-0.2, -0.15) is 8.42 Å². The van der Waals surface area contributed by atoms with Crippen LogP contribution in [0, 0.1) is 0 Å². The molecule has 0 aliphatic carbocycles. The molecule has 0 spiro atoms. The van der Waals surface area contributed by atoms with Crippen molar-refractivity contribution in [3.05, 3.63) is 23.8 Å². The van der Waals surface area contributed by atoms with Crippen molar-refractivity contribution in [1.29, 1.82) is 0 Å². The second kappa shape index (κ2) is 11.7. The lowest BCUT2D eigenvalue weighted by Gasteiger charge is -2.29. The van der Waals surface area contributed by atoms with Crippen molar-refractivity contribution in [2.75, 3.05) is 14.2 Å². The first-order valence-electron chi connectivity index (χ1n) is 8.85. The number of amides is 1. The van der Waals surface area contributed by atoms with Gasteiger partial charge >= 0.3 is 10.5 Å². The quantitative estimate of drug-likeness (QED) is 0.494. The standard InChI is InChI=1S/C18H27N3O4S2/c1-5-6-7-8-13(2)21(18(26)19-3)17(22)12-14-9-10-16(25-4)15(11-14)20-27(23)24/h9-11,13H,5-8,12H2,1-4H3,(H,19,26)/t13-/m1/s1. The van der Waals surface area contributed by atoms with E-state index in [9.17, 15) is 13.2 Å². The Morgan fingerprint density at radius 1 is 1.37 bits per heavy atom. The monoisotopic (exact) mass is 413 g/mol. The number of unbranched alkanes of at least 4 members (excludes halogenated alkanes) is 2. The van der Waals surface area contributed by atoms with E-state index in [4.69, 9.17) is 17.0 Å². The molecule has 0 saturated carbocycles. The van der Waals surface area contributed by atoms with Crippen molar-refractivity contribution < 1.29 is 17.9 Å². The van der Waals surface area contributed by atoms with Crippen LogP contribution in [-0.2, 0) is 21.7 Å². The second-order valence-corrected chi connectivity index (χ2v) is 7.16. The summed E-state index contributed by atoms with van der Waals surface area (Å²) in [6.07, 6.45) is 4.18. The molecule has 1 aromatic carbocycles. The summed E-state index contributed by atoms with van der Waals surface area (Å²) in [5, 5.41) is 3.25. The summed E-state index contributed by atoms with van der Waals surface area (Å²) in [7, 11) is 0.508. The van der Waals surface area contributed by atoms with Gasteiger partial charge in [0.25, 0.3) is 0 Å². The molecule has 1 amide bonds. The van der Waals surface area contributed by atoms with Gasteiger partial charge in [-0.1, -0.05) is 32.3 Å². The molecule has 0 saturated heterocycles. The first-order valence-corrected chi connectivity index (χ1v) is 10.3. The number of nitrogens with one attached hydrogen (secondary N) is 1. The molecule has 150 valence electrons. The summed E-state index contributed by atoms with van der Waals surface area (Å²) in [4.78, 5) is 14.5. The normalized spacial score (nSPS) is 11.4. The zero-order valence-electron chi connectivity index (χ0n) is 16.2. The number of hydrogen-bond donors (Lipinski definition) is 1. The molecular formula is C18H27N3O4S2. The predicted octanol–water partition coefficient (Wildman–Crippen LogP) is 3.23. The molecule has 0 aliphatic heterocycles. The number of hydrogen-bond acceptors (Lipinski definition) is 6. The van der Waals surface area contributed by atoms with Crippen LogP contribution in [0.4, 0.5) is 5.69 Å². The van der Waals surface area contributed by atoms with Crippen molar-refractivity contribution in [3.8, 4) is 5.75 Å².